The third-order valence-corrected chi connectivity index (χ3v) is 1.68. The van der Waals surface area contributed by atoms with Crippen LogP contribution in [0.5, 0.6) is 11.5 Å². The molecule has 0 aliphatic carbocycles. The van der Waals surface area contributed by atoms with Gasteiger partial charge in [-0.2, -0.15) is 0 Å². The summed E-state index contributed by atoms with van der Waals surface area (Å²) in [6, 6.07) is 2.05. The molecule has 80 valence electrons. The van der Waals surface area contributed by atoms with Crippen molar-refractivity contribution in [1.29, 1.82) is 0 Å². The summed E-state index contributed by atoms with van der Waals surface area (Å²) in [4.78, 5) is 19.1. The predicted octanol–water partition coefficient (Wildman–Crippen LogP) is 1.22. The fourth-order valence-corrected chi connectivity index (χ4v) is 1.07. The van der Waals surface area contributed by atoms with E-state index in [0.29, 0.717) is 0 Å². The van der Waals surface area contributed by atoms with Gasteiger partial charge in [0.2, 0.25) is 11.5 Å². The Kier molecular flexibility index (Phi) is 2.70. The highest BCUT2D eigenvalue weighted by molar-refractivity contribution is 5.68. The van der Waals surface area contributed by atoms with Crippen molar-refractivity contribution < 1.29 is 19.7 Å². The summed E-state index contributed by atoms with van der Waals surface area (Å²) in [5, 5.41) is 30.2. The van der Waals surface area contributed by atoms with Crippen LogP contribution in [0.25, 0.3) is 0 Å². The van der Waals surface area contributed by atoms with E-state index in [9.17, 15) is 20.2 Å². The van der Waals surface area contributed by atoms with Gasteiger partial charge < -0.3 is 9.84 Å². The highest BCUT2D eigenvalue weighted by Crippen LogP contribution is 2.42. The molecular formula is C7H6N2O6. The van der Waals surface area contributed by atoms with E-state index in [1.54, 1.807) is 0 Å². The molecule has 0 saturated heterocycles. The molecule has 1 aromatic carbocycles. The van der Waals surface area contributed by atoms with Crippen LogP contribution in [0.15, 0.2) is 12.1 Å². The van der Waals surface area contributed by atoms with Crippen LogP contribution < -0.4 is 4.74 Å². The standard InChI is InChI=1S/C7H6N2O6/c1-15-5-3-2-4(10)6(8(11)12)7(5)9(13)14/h2-3,10H,1H3. The van der Waals surface area contributed by atoms with E-state index < -0.39 is 27.0 Å². The van der Waals surface area contributed by atoms with Crippen LogP contribution in [0.1, 0.15) is 0 Å². The van der Waals surface area contributed by atoms with Gasteiger partial charge in [0, 0.05) is 0 Å². The van der Waals surface area contributed by atoms with Crippen LogP contribution in [0.3, 0.4) is 0 Å². The molecule has 0 atom stereocenters. The van der Waals surface area contributed by atoms with Gasteiger partial charge in [0.15, 0.2) is 0 Å². The molecule has 15 heavy (non-hydrogen) atoms. The maximum atomic E-state index is 10.6. The maximum absolute atomic E-state index is 10.6. The van der Waals surface area contributed by atoms with Gasteiger partial charge in [-0.05, 0) is 12.1 Å². The van der Waals surface area contributed by atoms with E-state index >= 15 is 0 Å². The molecule has 0 heterocycles. The number of nitro benzene ring substituents is 2. The molecule has 0 saturated carbocycles. The molecule has 0 aliphatic heterocycles. The molecule has 1 N–H and O–H groups in total. The Hall–Kier alpha value is -2.38. The smallest absolute Gasteiger partial charge is 0.391 e. The molecule has 0 fully saturated rings. The quantitative estimate of drug-likeness (QED) is 0.597. The van der Waals surface area contributed by atoms with Crippen molar-refractivity contribution in [3.8, 4) is 11.5 Å². The number of methoxy groups -OCH3 is 1. The Bertz CT molecular complexity index is 430. The van der Waals surface area contributed by atoms with Crippen molar-refractivity contribution in [2.45, 2.75) is 0 Å². The SMILES string of the molecule is COc1ccc(O)c([N+](=O)[O-])c1[N+](=O)[O-]. The van der Waals surface area contributed by atoms with E-state index in [0.717, 1.165) is 19.2 Å². The summed E-state index contributed by atoms with van der Waals surface area (Å²) in [5.74, 6) is -1.04. The lowest BCUT2D eigenvalue weighted by atomic mass is 10.2. The van der Waals surface area contributed by atoms with Crippen LogP contribution in [-0.4, -0.2) is 22.1 Å². The van der Waals surface area contributed by atoms with Crippen LogP contribution in [0.4, 0.5) is 11.4 Å². The first kappa shape index (κ1) is 10.7. The number of nitrogens with zero attached hydrogens (tertiary/aromatic N) is 2. The van der Waals surface area contributed by atoms with Crippen molar-refractivity contribution in [2.75, 3.05) is 7.11 Å². The summed E-state index contributed by atoms with van der Waals surface area (Å²) >= 11 is 0. The van der Waals surface area contributed by atoms with Gasteiger partial charge in [-0.3, -0.25) is 20.2 Å². The zero-order valence-corrected chi connectivity index (χ0v) is 7.54. The minimum absolute atomic E-state index is 0.274. The van der Waals surface area contributed by atoms with Crippen molar-refractivity contribution in [2.24, 2.45) is 0 Å². The summed E-state index contributed by atoms with van der Waals surface area (Å²) in [6.07, 6.45) is 0. The average Bonchev–Trinajstić information content (AvgIpc) is 2.16. The molecule has 8 heteroatoms. The zero-order valence-electron chi connectivity index (χ0n) is 7.54. The number of hydrogen-bond donors (Lipinski definition) is 1. The van der Waals surface area contributed by atoms with E-state index in [2.05, 4.69) is 4.74 Å². The first-order valence-corrected chi connectivity index (χ1v) is 3.67. The van der Waals surface area contributed by atoms with Crippen molar-refractivity contribution in [3.05, 3.63) is 32.4 Å². The van der Waals surface area contributed by atoms with Crippen LogP contribution in [0.2, 0.25) is 0 Å². The van der Waals surface area contributed by atoms with E-state index in [1.165, 1.54) is 0 Å². The summed E-state index contributed by atoms with van der Waals surface area (Å²) in [5.41, 5.74) is -1.83. The molecule has 0 radical (unpaired) electrons. The Morgan fingerprint density at radius 2 is 1.73 bits per heavy atom. The number of phenolic OH excluding ortho intramolecular Hbond substituents is 1. The Balaban J connectivity index is 3.58. The number of hydrogen-bond acceptors (Lipinski definition) is 6. The average molecular weight is 214 g/mol. The number of aromatic hydroxyl groups is 1. The van der Waals surface area contributed by atoms with Gasteiger partial charge in [0.25, 0.3) is 0 Å². The van der Waals surface area contributed by atoms with Crippen LogP contribution in [-0.2, 0) is 0 Å². The Morgan fingerprint density at radius 3 is 2.13 bits per heavy atom. The highest BCUT2D eigenvalue weighted by Gasteiger charge is 2.33. The first-order valence-electron chi connectivity index (χ1n) is 3.67. The molecule has 1 aromatic rings. The molecule has 0 aromatic heterocycles. The Morgan fingerprint density at radius 1 is 1.20 bits per heavy atom. The molecule has 0 spiro atoms. The summed E-state index contributed by atoms with van der Waals surface area (Å²) < 4.78 is 4.60. The van der Waals surface area contributed by atoms with Gasteiger partial charge >= 0.3 is 11.4 Å². The lowest BCUT2D eigenvalue weighted by molar-refractivity contribution is -0.423. The second-order valence-corrected chi connectivity index (χ2v) is 2.50. The second-order valence-electron chi connectivity index (χ2n) is 2.50. The van der Waals surface area contributed by atoms with E-state index in [4.69, 9.17) is 5.11 Å². The highest BCUT2D eigenvalue weighted by atomic mass is 16.6. The third kappa shape index (κ3) is 1.77. The van der Waals surface area contributed by atoms with Gasteiger partial charge in [0.1, 0.15) is 0 Å². The molecule has 0 amide bonds. The van der Waals surface area contributed by atoms with Gasteiger partial charge in [-0.15, -0.1) is 0 Å². The molecule has 0 unspecified atom stereocenters. The first-order chi connectivity index (χ1) is 6.99. The van der Waals surface area contributed by atoms with Gasteiger partial charge in [0.05, 0.1) is 17.0 Å². The van der Waals surface area contributed by atoms with Crippen LogP contribution in [0, 0.1) is 20.2 Å². The second kappa shape index (κ2) is 3.78. The summed E-state index contributed by atoms with van der Waals surface area (Å²) in [6.45, 7) is 0. The molecule has 8 nitrogen and oxygen atoms in total. The molecule has 1 rings (SSSR count). The maximum Gasteiger partial charge on any atom is 0.391 e. The fraction of sp³-hybridized carbons (Fsp3) is 0.143. The van der Waals surface area contributed by atoms with Gasteiger partial charge in [-0.25, -0.2) is 0 Å². The topological polar surface area (TPSA) is 116 Å². The number of benzene rings is 1. The lowest BCUT2D eigenvalue weighted by Gasteiger charge is -2.02. The lowest BCUT2D eigenvalue weighted by Crippen LogP contribution is -1.99. The van der Waals surface area contributed by atoms with E-state index in [1.807, 2.05) is 0 Å². The summed E-state index contributed by atoms with van der Waals surface area (Å²) in [7, 11) is 1.14. The number of phenols is 1. The number of ether oxygens (including phenoxy) is 1. The minimum atomic E-state index is -1.03. The monoisotopic (exact) mass is 214 g/mol. The molecular weight excluding hydrogens is 208 g/mol. The minimum Gasteiger partial charge on any atom is -0.502 e. The van der Waals surface area contributed by atoms with Crippen molar-refractivity contribution >= 4 is 11.4 Å². The van der Waals surface area contributed by atoms with Crippen molar-refractivity contribution in [1.82, 2.24) is 0 Å². The van der Waals surface area contributed by atoms with Crippen molar-refractivity contribution in [3.63, 3.8) is 0 Å². The normalized spacial score (nSPS) is 9.67. The fourth-order valence-electron chi connectivity index (χ4n) is 1.07. The van der Waals surface area contributed by atoms with Gasteiger partial charge in [-0.1, -0.05) is 0 Å². The molecule has 0 bridgehead atoms. The molecule has 0 aliphatic rings. The zero-order chi connectivity index (χ0) is 11.6. The van der Waals surface area contributed by atoms with E-state index in [-0.39, 0.29) is 5.75 Å². The largest absolute Gasteiger partial charge is 0.502 e. The predicted molar refractivity (Wildman–Crippen MR) is 48.0 cm³/mol. The third-order valence-electron chi connectivity index (χ3n) is 1.68. The van der Waals surface area contributed by atoms with Crippen LogP contribution >= 0.6 is 0 Å². The number of nitro groups is 2. The number of rotatable bonds is 3. The Labute approximate surface area is 83.0 Å².